The number of aryl methyl sites for hydroxylation is 1. The molecule has 0 aliphatic heterocycles. The molecule has 6 nitrogen and oxygen atoms in total. The standard InChI is InChI=1S/C30H41N5OS/c1-5-20-34(25-15-10-8-11-16-25)22-14-19-27(36)33-28-29(31-24(4)32-30(28)37-23-7-3)35(21-6-2)26-17-12-9-13-18-26/h8-13,15-18H,5-7,14,19-23H2,1-4H3,(H,33,36). The molecule has 0 atom stereocenters. The number of para-hydroxylation sites is 2. The van der Waals surface area contributed by atoms with Gasteiger partial charge < -0.3 is 15.1 Å². The van der Waals surface area contributed by atoms with E-state index in [0.717, 1.165) is 73.3 Å². The van der Waals surface area contributed by atoms with Gasteiger partial charge in [0.1, 0.15) is 16.5 Å². The lowest BCUT2D eigenvalue weighted by atomic mass is 10.2. The number of rotatable bonds is 15. The van der Waals surface area contributed by atoms with E-state index in [4.69, 9.17) is 9.97 Å². The van der Waals surface area contributed by atoms with Crippen LogP contribution in [0.2, 0.25) is 0 Å². The minimum absolute atomic E-state index is 0.000992. The number of nitrogens with zero attached hydrogens (tertiary/aromatic N) is 4. The molecule has 0 aliphatic carbocycles. The number of thioether (sulfide) groups is 1. The molecule has 3 aromatic rings. The maximum atomic E-state index is 13.3. The van der Waals surface area contributed by atoms with Crippen LogP contribution in [0.5, 0.6) is 0 Å². The summed E-state index contributed by atoms with van der Waals surface area (Å²) in [6.45, 7) is 11.0. The predicted octanol–water partition coefficient (Wildman–Crippen LogP) is 7.47. The zero-order chi connectivity index (χ0) is 26.5. The fraction of sp³-hybridized carbons (Fsp3) is 0.433. The molecule has 0 saturated carbocycles. The topological polar surface area (TPSA) is 61.4 Å². The molecule has 37 heavy (non-hydrogen) atoms. The van der Waals surface area contributed by atoms with Crippen LogP contribution >= 0.6 is 11.8 Å². The molecule has 1 N–H and O–H groups in total. The lowest BCUT2D eigenvalue weighted by Gasteiger charge is -2.27. The van der Waals surface area contributed by atoms with Gasteiger partial charge in [-0.1, -0.05) is 57.2 Å². The SMILES string of the molecule is CCCSc1nc(C)nc(N(CCC)c2ccccc2)c1NC(=O)CCCN(CCC)c1ccccc1. The first-order valence-corrected chi connectivity index (χ1v) is 14.5. The summed E-state index contributed by atoms with van der Waals surface area (Å²) >= 11 is 1.68. The number of aromatic nitrogens is 2. The molecule has 0 fully saturated rings. The molecule has 0 saturated heterocycles. The highest BCUT2D eigenvalue weighted by Gasteiger charge is 2.22. The maximum absolute atomic E-state index is 13.3. The number of hydrogen-bond donors (Lipinski definition) is 1. The average Bonchev–Trinajstić information content (AvgIpc) is 2.92. The Morgan fingerprint density at radius 2 is 1.49 bits per heavy atom. The minimum atomic E-state index is 0.000992. The van der Waals surface area contributed by atoms with Gasteiger partial charge in [0.05, 0.1) is 0 Å². The van der Waals surface area contributed by atoms with Crippen LogP contribution in [0, 0.1) is 6.92 Å². The number of amides is 1. The summed E-state index contributed by atoms with van der Waals surface area (Å²) in [5, 5.41) is 4.06. The molecule has 1 heterocycles. The number of carbonyl (C=O) groups is 1. The largest absolute Gasteiger partial charge is 0.372 e. The van der Waals surface area contributed by atoms with Gasteiger partial charge in [-0.15, -0.1) is 11.8 Å². The van der Waals surface area contributed by atoms with Crippen molar-refractivity contribution in [3.8, 4) is 0 Å². The van der Waals surface area contributed by atoms with Crippen molar-refractivity contribution in [2.45, 2.75) is 64.8 Å². The van der Waals surface area contributed by atoms with Crippen molar-refractivity contribution in [2.24, 2.45) is 0 Å². The van der Waals surface area contributed by atoms with E-state index in [1.807, 2.05) is 31.2 Å². The first kappa shape index (κ1) is 28.5. The Hall–Kier alpha value is -3.06. The van der Waals surface area contributed by atoms with Crippen molar-refractivity contribution in [1.82, 2.24) is 9.97 Å². The zero-order valence-electron chi connectivity index (χ0n) is 22.7. The highest BCUT2D eigenvalue weighted by Crippen LogP contribution is 2.37. The summed E-state index contributed by atoms with van der Waals surface area (Å²) in [4.78, 5) is 27.4. The Morgan fingerprint density at radius 3 is 2.11 bits per heavy atom. The number of benzene rings is 2. The third kappa shape index (κ3) is 8.49. The van der Waals surface area contributed by atoms with E-state index >= 15 is 0 Å². The molecule has 1 aromatic heterocycles. The Labute approximate surface area is 226 Å². The van der Waals surface area contributed by atoms with Crippen molar-refractivity contribution in [2.75, 3.05) is 40.5 Å². The van der Waals surface area contributed by atoms with Gasteiger partial charge in [0.2, 0.25) is 5.91 Å². The smallest absolute Gasteiger partial charge is 0.224 e. The first-order valence-electron chi connectivity index (χ1n) is 13.5. The van der Waals surface area contributed by atoms with Crippen LogP contribution in [0.15, 0.2) is 65.7 Å². The number of nitrogens with one attached hydrogen (secondary N) is 1. The second-order valence-electron chi connectivity index (χ2n) is 9.08. The summed E-state index contributed by atoms with van der Waals surface area (Å²) < 4.78 is 0. The van der Waals surface area contributed by atoms with Crippen LogP contribution in [-0.4, -0.2) is 41.3 Å². The van der Waals surface area contributed by atoms with Crippen LogP contribution in [0.3, 0.4) is 0 Å². The van der Waals surface area contributed by atoms with Crippen molar-refractivity contribution in [3.63, 3.8) is 0 Å². The van der Waals surface area contributed by atoms with Gasteiger partial charge in [-0.25, -0.2) is 9.97 Å². The molecule has 3 rings (SSSR count). The average molecular weight is 520 g/mol. The molecular weight excluding hydrogens is 478 g/mol. The highest BCUT2D eigenvalue weighted by molar-refractivity contribution is 7.99. The summed E-state index contributed by atoms with van der Waals surface area (Å²) in [5.74, 6) is 2.41. The molecule has 0 bridgehead atoms. The Kier molecular flexibility index (Phi) is 11.8. The Balaban J connectivity index is 1.82. The van der Waals surface area contributed by atoms with Crippen molar-refractivity contribution in [1.29, 1.82) is 0 Å². The molecule has 0 spiro atoms. The van der Waals surface area contributed by atoms with Gasteiger partial charge in [0, 0.05) is 37.4 Å². The normalized spacial score (nSPS) is 10.8. The monoisotopic (exact) mass is 519 g/mol. The highest BCUT2D eigenvalue weighted by atomic mass is 32.2. The van der Waals surface area contributed by atoms with E-state index in [1.165, 1.54) is 5.69 Å². The minimum Gasteiger partial charge on any atom is -0.372 e. The van der Waals surface area contributed by atoms with Gasteiger partial charge in [0.15, 0.2) is 5.82 Å². The third-order valence-electron chi connectivity index (χ3n) is 5.89. The summed E-state index contributed by atoms with van der Waals surface area (Å²) in [6.07, 6.45) is 4.26. The van der Waals surface area contributed by atoms with E-state index in [2.05, 4.69) is 72.3 Å². The van der Waals surface area contributed by atoms with Crippen LogP contribution < -0.4 is 15.1 Å². The van der Waals surface area contributed by atoms with Crippen molar-refractivity contribution < 1.29 is 4.79 Å². The van der Waals surface area contributed by atoms with Crippen molar-refractivity contribution >= 4 is 40.5 Å². The maximum Gasteiger partial charge on any atom is 0.224 e. The molecule has 0 unspecified atom stereocenters. The molecule has 1 amide bonds. The van der Waals surface area contributed by atoms with Crippen LogP contribution in [0.25, 0.3) is 0 Å². The molecule has 0 radical (unpaired) electrons. The molecule has 0 aliphatic rings. The van der Waals surface area contributed by atoms with E-state index in [9.17, 15) is 4.79 Å². The molecule has 7 heteroatoms. The molecular formula is C30H41N5OS. The first-order chi connectivity index (χ1) is 18.1. The summed E-state index contributed by atoms with van der Waals surface area (Å²) in [5.41, 5.74) is 2.98. The number of hydrogen-bond acceptors (Lipinski definition) is 6. The van der Waals surface area contributed by atoms with Gasteiger partial charge in [-0.05, 0) is 62.6 Å². The van der Waals surface area contributed by atoms with E-state index in [0.29, 0.717) is 12.2 Å². The van der Waals surface area contributed by atoms with Crippen LogP contribution in [-0.2, 0) is 4.79 Å². The van der Waals surface area contributed by atoms with E-state index in [1.54, 1.807) is 11.8 Å². The number of anilines is 4. The predicted molar refractivity (Wildman–Crippen MR) is 158 cm³/mol. The Morgan fingerprint density at radius 1 is 0.838 bits per heavy atom. The molecule has 2 aromatic carbocycles. The van der Waals surface area contributed by atoms with Crippen molar-refractivity contribution in [3.05, 3.63) is 66.5 Å². The van der Waals surface area contributed by atoms with Gasteiger partial charge >= 0.3 is 0 Å². The quantitative estimate of drug-likeness (QED) is 0.166. The van der Waals surface area contributed by atoms with Crippen LogP contribution in [0.4, 0.5) is 22.9 Å². The van der Waals surface area contributed by atoms with Gasteiger partial charge in [0.25, 0.3) is 0 Å². The second kappa shape index (κ2) is 15.3. The summed E-state index contributed by atoms with van der Waals surface area (Å²) in [7, 11) is 0. The van der Waals surface area contributed by atoms with Crippen LogP contribution in [0.1, 0.15) is 58.7 Å². The zero-order valence-corrected chi connectivity index (χ0v) is 23.6. The van der Waals surface area contributed by atoms with E-state index in [-0.39, 0.29) is 5.91 Å². The number of carbonyl (C=O) groups excluding carboxylic acids is 1. The van der Waals surface area contributed by atoms with Gasteiger partial charge in [-0.2, -0.15) is 0 Å². The lowest BCUT2D eigenvalue weighted by molar-refractivity contribution is -0.116. The Bertz CT molecular complexity index is 1090. The lowest BCUT2D eigenvalue weighted by Crippen LogP contribution is -2.27. The summed E-state index contributed by atoms with van der Waals surface area (Å²) in [6, 6.07) is 20.7. The second-order valence-corrected chi connectivity index (χ2v) is 10.2. The fourth-order valence-electron chi connectivity index (χ4n) is 4.24. The molecule has 198 valence electrons. The third-order valence-corrected chi connectivity index (χ3v) is 7.07. The fourth-order valence-corrected chi connectivity index (χ4v) is 5.12. The van der Waals surface area contributed by atoms with E-state index < -0.39 is 0 Å². The van der Waals surface area contributed by atoms with Gasteiger partial charge in [-0.3, -0.25) is 4.79 Å².